The highest BCUT2D eigenvalue weighted by atomic mass is 79.9. The molecule has 0 bridgehead atoms. The lowest BCUT2D eigenvalue weighted by Gasteiger charge is -2.29. The number of nitrogens with one attached hydrogen (secondary N) is 1. The Morgan fingerprint density at radius 2 is 2.05 bits per heavy atom. The van der Waals surface area contributed by atoms with Gasteiger partial charge in [0.1, 0.15) is 0 Å². The molecule has 8 heteroatoms. The minimum Gasteiger partial charge on any atom is -0.444 e. The Bertz CT molecular complexity index is 474. The predicted octanol–water partition coefficient (Wildman–Crippen LogP) is 0.968. The SMILES string of the molecule is CN(CC(=O)N1CCNCC1)C(=O)c1ccc(Br)o1.Cl. The molecule has 1 aliphatic heterocycles. The van der Waals surface area contributed by atoms with Gasteiger partial charge in [-0.15, -0.1) is 12.4 Å². The first-order valence-corrected chi connectivity index (χ1v) is 6.86. The maximum absolute atomic E-state index is 12.0. The standard InChI is InChI=1S/C12H16BrN3O3.ClH/c1-15(12(18)9-2-3-10(13)19-9)8-11(17)16-6-4-14-5-7-16;/h2-3,14H,4-8H2,1H3;1H. The molecule has 2 rings (SSSR count). The lowest BCUT2D eigenvalue weighted by molar-refractivity contribution is -0.132. The highest BCUT2D eigenvalue weighted by Gasteiger charge is 2.22. The van der Waals surface area contributed by atoms with Gasteiger partial charge in [-0.3, -0.25) is 9.59 Å². The molecular weight excluding hydrogens is 350 g/mol. The molecule has 2 heterocycles. The Kier molecular flexibility index (Phi) is 6.51. The summed E-state index contributed by atoms with van der Waals surface area (Å²) in [6.45, 7) is 3.04. The summed E-state index contributed by atoms with van der Waals surface area (Å²) in [7, 11) is 1.60. The molecule has 112 valence electrons. The van der Waals surface area contributed by atoms with Gasteiger partial charge in [0.2, 0.25) is 5.91 Å². The molecule has 0 saturated carbocycles. The van der Waals surface area contributed by atoms with Crippen molar-refractivity contribution in [2.45, 2.75) is 0 Å². The van der Waals surface area contributed by atoms with Crippen LogP contribution < -0.4 is 5.32 Å². The smallest absolute Gasteiger partial charge is 0.289 e. The second-order valence-electron chi connectivity index (χ2n) is 4.40. The first-order chi connectivity index (χ1) is 9.08. The van der Waals surface area contributed by atoms with Crippen LogP contribution in [0.1, 0.15) is 10.6 Å². The molecule has 0 aliphatic carbocycles. The van der Waals surface area contributed by atoms with Gasteiger partial charge >= 0.3 is 0 Å². The van der Waals surface area contributed by atoms with Crippen LogP contribution in [0.5, 0.6) is 0 Å². The van der Waals surface area contributed by atoms with Gasteiger partial charge in [-0.25, -0.2) is 0 Å². The largest absolute Gasteiger partial charge is 0.444 e. The average Bonchev–Trinajstić information content (AvgIpc) is 2.85. The van der Waals surface area contributed by atoms with Crippen molar-refractivity contribution < 1.29 is 14.0 Å². The fourth-order valence-corrected chi connectivity index (χ4v) is 2.21. The summed E-state index contributed by atoms with van der Waals surface area (Å²) in [6.07, 6.45) is 0. The summed E-state index contributed by atoms with van der Waals surface area (Å²) in [5, 5.41) is 3.18. The molecule has 6 nitrogen and oxygen atoms in total. The topological polar surface area (TPSA) is 65.8 Å². The van der Waals surface area contributed by atoms with Crippen LogP contribution in [-0.4, -0.2) is 61.4 Å². The van der Waals surface area contributed by atoms with Crippen molar-refractivity contribution in [3.63, 3.8) is 0 Å². The van der Waals surface area contributed by atoms with Crippen molar-refractivity contribution in [1.82, 2.24) is 15.1 Å². The number of piperazine rings is 1. The molecule has 1 aliphatic rings. The first kappa shape index (κ1) is 17.0. The molecule has 1 aromatic rings. The van der Waals surface area contributed by atoms with Crippen molar-refractivity contribution in [3.8, 4) is 0 Å². The van der Waals surface area contributed by atoms with Crippen LogP contribution in [0.15, 0.2) is 21.2 Å². The lowest BCUT2D eigenvalue weighted by Crippen LogP contribution is -2.49. The summed E-state index contributed by atoms with van der Waals surface area (Å²) < 4.78 is 5.68. The average molecular weight is 367 g/mol. The third-order valence-electron chi connectivity index (χ3n) is 2.97. The number of carbonyl (C=O) groups excluding carboxylic acids is 2. The van der Waals surface area contributed by atoms with Crippen molar-refractivity contribution in [2.24, 2.45) is 0 Å². The van der Waals surface area contributed by atoms with Gasteiger partial charge < -0.3 is 19.5 Å². The number of carbonyl (C=O) groups is 2. The van der Waals surface area contributed by atoms with E-state index < -0.39 is 0 Å². The molecule has 1 aromatic heterocycles. The number of amides is 2. The molecule has 1 N–H and O–H groups in total. The van der Waals surface area contributed by atoms with Crippen molar-refractivity contribution in [1.29, 1.82) is 0 Å². The predicted molar refractivity (Wildman–Crippen MR) is 80.1 cm³/mol. The molecule has 0 radical (unpaired) electrons. The van der Waals surface area contributed by atoms with E-state index in [9.17, 15) is 9.59 Å². The van der Waals surface area contributed by atoms with E-state index in [0.717, 1.165) is 13.1 Å². The van der Waals surface area contributed by atoms with Crippen LogP contribution in [0.2, 0.25) is 0 Å². The second-order valence-corrected chi connectivity index (χ2v) is 5.18. The number of likely N-dealkylation sites (N-methyl/N-ethyl adjacent to an activating group) is 1. The second kappa shape index (κ2) is 7.66. The Hall–Kier alpha value is -1.05. The fraction of sp³-hybridized carbons (Fsp3) is 0.500. The van der Waals surface area contributed by atoms with E-state index in [1.807, 2.05) is 0 Å². The van der Waals surface area contributed by atoms with Crippen LogP contribution in [0.25, 0.3) is 0 Å². The maximum Gasteiger partial charge on any atom is 0.289 e. The van der Waals surface area contributed by atoms with Crippen LogP contribution in [0.4, 0.5) is 0 Å². The zero-order chi connectivity index (χ0) is 13.8. The minimum absolute atomic E-state index is 0. The lowest BCUT2D eigenvalue weighted by atomic mass is 10.3. The van der Waals surface area contributed by atoms with E-state index in [-0.39, 0.29) is 36.5 Å². The molecule has 0 unspecified atom stereocenters. The molecule has 20 heavy (non-hydrogen) atoms. The molecule has 0 spiro atoms. The van der Waals surface area contributed by atoms with Crippen LogP contribution in [-0.2, 0) is 4.79 Å². The summed E-state index contributed by atoms with van der Waals surface area (Å²) in [4.78, 5) is 27.2. The van der Waals surface area contributed by atoms with Gasteiger partial charge in [0.15, 0.2) is 10.4 Å². The third kappa shape index (κ3) is 4.22. The Balaban J connectivity index is 0.00000200. The highest BCUT2D eigenvalue weighted by molar-refractivity contribution is 9.10. The number of hydrogen-bond acceptors (Lipinski definition) is 4. The van der Waals surface area contributed by atoms with E-state index in [4.69, 9.17) is 4.42 Å². The van der Waals surface area contributed by atoms with Crippen LogP contribution in [0.3, 0.4) is 0 Å². The number of halogens is 2. The molecular formula is C12H17BrClN3O3. The van der Waals surface area contributed by atoms with Gasteiger partial charge in [0.05, 0.1) is 6.54 Å². The maximum atomic E-state index is 12.0. The quantitative estimate of drug-likeness (QED) is 0.866. The first-order valence-electron chi connectivity index (χ1n) is 6.07. The van der Waals surface area contributed by atoms with Crippen LogP contribution in [0, 0.1) is 0 Å². The summed E-state index contributed by atoms with van der Waals surface area (Å²) in [6, 6.07) is 3.23. The molecule has 0 aromatic carbocycles. The number of rotatable bonds is 3. The number of furan rings is 1. The van der Waals surface area contributed by atoms with Crippen molar-refractivity contribution in [2.75, 3.05) is 39.8 Å². The normalized spacial score (nSPS) is 14.6. The molecule has 2 amide bonds. The summed E-state index contributed by atoms with van der Waals surface area (Å²) >= 11 is 3.14. The van der Waals surface area contributed by atoms with Gasteiger partial charge in [0.25, 0.3) is 5.91 Å². The molecule has 1 fully saturated rings. The molecule has 1 saturated heterocycles. The van der Waals surface area contributed by atoms with Gasteiger partial charge in [-0.2, -0.15) is 0 Å². The highest BCUT2D eigenvalue weighted by Crippen LogP contribution is 2.15. The zero-order valence-corrected chi connectivity index (χ0v) is 13.5. The summed E-state index contributed by atoms with van der Waals surface area (Å²) in [5.41, 5.74) is 0. The van der Waals surface area contributed by atoms with E-state index >= 15 is 0 Å². The van der Waals surface area contributed by atoms with Crippen molar-refractivity contribution >= 4 is 40.2 Å². The van der Waals surface area contributed by atoms with E-state index in [2.05, 4.69) is 21.2 Å². The van der Waals surface area contributed by atoms with E-state index in [1.54, 1.807) is 24.1 Å². The minimum atomic E-state index is -0.297. The zero-order valence-electron chi connectivity index (χ0n) is 11.1. The fourth-order valence-electron chi connectivity index (χ4n) is 1.91. The van der Waals surface area contributed by atoms with Gasteiger partial charge in [-0.1, -0.05) is 0 Å². The monoisotopic (exact) mass is 365 g/mol. The van der Waals surface area contributed by atoms with Gasteiger partial charge in [-0.05, 0) is 28.1 Å². The van der Waals surface area contributed by atoms with Crippen LogP contribution >= 0.6 is 28.3 Å². The number of hydrogen-bond donors (Lipinski definition) is 1. The summed E-state index contributed by atoms with van der Waals surface area (Å²) in [5.74, 6) is -0.111. The number of nitrogens with zero attached hydrogens (tertiary/aromatic N) is 2. The Labute approximate surface area is 132 Å². The van der Waals surface area contributed by atoms with Gasteiger partial charge in [0, 0.05) is 33.2 Å². The van der Waals surface area contributed by atoms with Crippen molar-refractivity contribution in [3.05, 3.63) is 22.6 Å². The third-order valence-corrected chi connectivity index (χ3v) is 3.40. The van der Waals surface area contributed by atoms with E-state index in [1.165, 1.54) is 4.90 Å². The Morgan fingerprint density at radius 1 is 1.40 bits per heavy atom. The molecule has 0 atom stereocenters. The van der Waals surface area contributed by atoms with E-state index in [0.29, 0.717) is 17.8 Å². The Morgan fingerprint density at radius 3 is 2.60 bits per heavy atom.